The maximum absolute atomic E-state index is 12.9. The van der Waals surface area contributed by atoms with E-state index in [2.05, 4.69) is 0 Å². The number of carbonyl (C=O) groups excluding carboxylic acids is 1. The molecule has 1 fully saturated rings. The first-order valence-electron chi connectivity index (χ1n) is 8.31. The number of piperidine rings is 1. The smallest absolute Gasteiger partial charge is 0.243 e. The maximum Gasteiger partial charge on any atom is 0.243 e. The van der Waals surface area contributed by atoms with Crippen LogP contribution in [0, 0.1) is 19.8 Å². The Morgan fingerprint density at radius 2 is 1.88 bits per heavy atom. The first-order chi connectivity index (χ1) is 11.3. The Morgan fingerprint density at radius 1 is 1.25 bits per heavy atom. The number of carbonyl (C=O) groups is 1. The van der Waals surface area contributed by atoms with Crippen molar-refractivity contribution in [3.05, 3.63) is 23.3 Å². The van der Waals surface area contributed by atoms with Gasteiger partial charge in [-0.1, -0.05) is 6.92 Å². The number of amides is 1. The molecule has 0 bridgehead atoms. The summed E-state index contributed by atoms with van der Waals surface area (Å²) in [6.07, 6.45) is 1.85. The average Bonchev–Trinajstić information content (AvgIpc) is 2.55. The third-order valence-corrected chi connectivity index (χ3v) is 6.45. The molecule has 0 saturated carbocycles. The Hall–Kier alpha value is -1.60. The van der Waals surface area contributed by atoms with Crippen LogP contribution in [-0.4, -0.2) is 38.3 Å². The minimum absolute atomic E-state index is 0.232. The van der Waals surface area contributed by atoms with Crippen LogP contribution in [0.1, 0.15) is 37.3 Å². The summed E-state index contributed by atoms with van der Waals surface area (Å²) in [6, 6.07) is 3.46. The van der Waals surface area contributed by atoms with E-state index in [1.807, 2.05) is 13.8 Å². The van der Waals surface area contributed by atoms with Crippen LogP contribution in [0.2, 0.25) is 0 Å². The van der Waals surface area contributed by atoms with Crippen molar-refractivity contribution in [2.75, 3.05) is 19.7 Å². The van der Waals surface area contributed by atoms with Crippen LogP contribution >= 0.6 is 0 Å². The first kappa shape index (κ1) is 18.7. The summed E-state index contributed by atoms with van der Waals surface area (Å²) < 4.78 is 33.0. The number of primary amides is 1. The van der Waals surface area contributed by atoms with Gasteiger partial charge in [-0.2, -0.15) is 4.31 Å². The molecule has 2 N–H and O–H groups in total. The summed E-state index contributed by atoms with van der Waals surface area (Å²) >= 11 is 0. The van der Waals surface area contributed by atoms with Crippen LogP contribution in [-0.2, 0) is 14.8 Å². The van der Waals surface area contributed by atoms with Crippen molar-refractivity contribution in [3.63, 3.8) is 0 Å². The van der Waals surface area contributed by atoms with Crippen molar-refractivity contribution in [2.24, 2.45) is 11.7 Å². The molecule has 1 amide bonds. The molecular weight excluding hydrogens is 328 g/mol. The second kappa shape index (κ2) is 7.53. The van der Waals surface area contributed by atoms with Gasteiger partial charge in [0.1, 0.15) is 5.75 Å². The van der Waals surface area contributed by atoms with Gasteiger partial charge in [0.05, 0.1) is 11.5 Å². The highest BCUT2D eigenvalue weighted by molar-refractivity contribution is 7.89. The van der Waals surface area contributed by atoms with Crippen LogP contribution < -0.4 is 10.5 Å². The van der Waals surface area contributed by atoms with Gasteiger partial charge in [0.2, 0.25) is 15.9 Å². The summed E-state index contributed by atoms with van der Waals surface area (Å²) in [6.45, 7) is 6.90. The normalized spacial score (nSPS) is 17.0. The molecule has 1 aliphatic rings. The lowest BCUT2D eigenvalue weighted by molar-refractivity contribution is -0.122. The number of nitrogens with two attached hydrogens (primary N) is 1. The first-order valence-corrected chi connectivity index (χ1v) is 9.75. The second-order valence-corrected chi connectivity index (χ2v) is 8.22. The summed E-state index contributed by atoms with van der Waals surface area (Å²) in [5, 5.41) is 0. The van der Waals surface area contributed by atoms with Crippen LogP contribution in [0.3, 0.4) is 0 Å². The van der Waals surface area contributed by atoms with Gasteiger partial charge in [0.25, 0.3) is 0 Å². The lowest BCUT2D eigenvalue weighted by Gasteiger charge is -2.30. The molecule has 0 radical (unpaired) electrons. The molecule has 0 aliphatic carbocycles. The van der Waals surface area contributed by atoms with Gasteiger partial charge in [-0.25, -0.2) is 8.42 Å². The van der Waals surface area contributed by atoms with Crippen LogP contribution in [0.4, 0.5) is 0 Å². The topological polar surface area (TPSA) is 89.7 Å². The van der Waals surface area contributed by atoms with Crippen molar-refractivity contribution < 1.29 is 17.9 Å². The van der Waals surface area contributed by atoms with E-state index in [0.29, 0.717) is 43.0 Å². The molecule has 0 unspecified atom stereocenters. The average molecular weight is 354 g/mol. The van der Waals surface area contributed by atoms with Gasteiger partial charge in [-0.3, -0.25) is 4.79 Å². The monoisotopic (exact) mass is 354 g/mol. The molecule has 0 spiro atoms. The molecule has 1 aliphatic heterocycles. The van der Waals surface area contributed by atoms with Crippen molar-refractivity contribution in [2.45, 2.75) is 44.9 Å². The highest BCUT2D eigenvalue weighted by atomic mass is 32.2. The Balaban J connectivity index is 2.24. The van der Waals surface area contributed by atoms with Crippen LogP contribution in [0.5, 0.6) is 5.75 Å². The molecule has 0 aromatic heterocycles. The molecule has 1 heterocycles. The largest absolute Gasteiger partial charge is 0.493 e. The molecule has 24 heavy (non-hydrogen) atoms. The third-order valence-electron chi connectivity index (χ3n) is 4.41. The minimum Gasteiger partial charge on any atom is -0.493 e. The summed E-state index contributed by atoms with van der Waals surface area (Å²) in [5.41, 5.74) is 6.79. The molecule has 2 rings (SSSR count). The van der Waals surface area contributed by atoms with Crippen LogP contribution in [0.25, 0.3) is 0 Å². The van der Waals surface area contributed by atoms with Gasteiger partial charge >= 0.3 is 0 Å². The Kier molecular flexibility index (Phi) is 5.87. The molecular formula is C17H26N2O4S. The number of hydrogen-bond acceptors (Lipinski definition) is 4. The van der Waals surface area contributed by atoms with Crippen molar-refractivity contribution in [3.8, 4) is 5.75 Å². The molecule has 0 atom stereocenters. The van der Waals surface area contributed by atoms with E-state index in [1.165, 1.54) is 4.31 Å². The fourth-order valence-electron chi connectivity index (χ4n) is 2.93. The zero-order valence-corrected chi connectivity index (χ0v) is 15.4. The standard InChI is InChI=1S/C17H26N2O4S/c1-4-9-23-15-10-13(3)16(11-12(15)2)24(21,22)19-7-5-14(6-8-19)17(18)20/h10-11,14H,4-9H2,1-3H3,(H2,18,20). The quantitative estimate of drug-likeness (QED) is 0.846. The second-order valence-electron chi connectivity index (χ2n) is 6.31. The molecule has 134 valence electrons. The van der Waals surface area contributed by atoms with E-state index in [4.69, 9.17) is 10.5 Å². The fourth-order valence-corrected chi connectivity index (χ4v) is 4.69. The highest BCUT2D eigenvalue weighted by Gasteiger charge is 2.32. The molecule has 6 nitrogen and oxygen atoms in total. The van der Waals surface area contributed by atoms with Crippen molar-refractivity contribution in [1.29, 1.82) is 0 Å². The van der Waals surface area contributed by atoms with Crippen molar-refractivity contribution >= 4 is 15.9 Å². The lowest BCUT2D eigenvalue weighted by atomic mass is 9.98. The Labute approximate surface area is 144 Å². The van der Waals surface area contributed by atoms with Gasteiger partial charge in [-0.05, 0) is 56.4 Å². The molecule has 7 heteroatoms. The SMILES string of the molecule is CCCOc1cc(C)c(S(=O)(=O)N2CCC(C(N)=O)CC2)cc1C. The summed E-state index contributed by atoms with van der Waals surface area (Å²) in [5.74, 6) is 0.140. The Morgan fingerprint density at radius 3 is 2.42 bits per heavy atom. The minimum atomic E-state index is -3.58. The van der Waals surface area contributed by atoms with E-state index >= 15 is 0 Å². The summed E-state index contributed by atoms with van der Waals surface area (Å²) in [7, 11) is -3.58. The predicted octanol–water partition coefficient (Wildman–Crippen LogP) is 1.98. The zero-order chi connectivity index (χ0) is 17.9. The van der Waals surface area contributed by atoms with Gasteiger partial charge in [-0.15, -0.1) is 0 Å². The van der Waals surface area contributed by atoms with Crippen molar-refractivity contribution in [1.82, 2.24) is 4.31 Å². The van der Waals surface area contributed by atoms with E-state index in [1.54, 1.807) is 19.1 Å². The fraction of sp³-hybridized carbons (Fsp3) is 0.588. The number of sulfonamides is 1. The third kappa shape index (κ3) is 3.89. The number of rotatable bonds is 6. The lowest BCUT2D eigenvalue weighted by Crippen LogP contribution is -2.41. The molecule has 1 aromatic carbocycles. The van der Waals surface area contributed by atoms with Gasteiger partial charge in [0, 0.05) is 19.0 Å². The zero-order valence-electron chi connectivity index (χ0n) is 14.5. The molecule has 1 saturated heterocycles. The number of benzene rings is 1. The van der Waals surface area contributed by atoms with E-state index in [9.17, 15) is 13.2 Å². The van der Waals surface area contributed by atoms with E-state index in [-0.39, 0.29) is 11.8 Å². The van der Waals surface area contributed by atoms with Crippen LogP contribution in [0.15, 0.2) is 17.0 Å². The summed E-state index contributed by atoms with van der Waals surface area (Å²) in [4.78, 5) is 11.6. The van der Waals surface area contributed by atoms with E-state index < -0.39 is 10.0 Å². The number of nitrogens with zero attached hydrogens (tertiary/aromatic N) is 1. The number of aryl methyl sites for hydroxylation is 2. The maximum atomic E-state index is 12.9. The van der Waals surface area contributed by atoms with Gasteiger partial charge < -0.3 is 10.5 Å². The number of hydrogen-bond donors (Lipinski definition) is 1. The number of ether oxygens (including phenoxy) is 1. The predicted molar refractivity (Wildman–Crippen MR) is 92.4 cm³/mol. The molecule has 1 aromatic rings. The Bertz CT molecular complexity index is 708. The van der Waals surface area contributed by atoms with Gasteiger partial charge in [0.15, 0.2) is 0 Å². The highest BCUT2D eigenvalue weighted by Crippen LogP contribution is 2.30. The van der Waals surface area contributed by atoms with E-state index in [0.717, 1.165) is 17.7 Å².